The number of ether oxygens (including phenoxy) is 2. The third kappa shape index (κ3) is 13.7. The van der Waals surface area contributed by atoms with Crippen LogP contribution in [-0.2, 0) is 39.7 Å². The molecule has 392 valence electrons. The Bertz CT molecular complexity index is 2150. The molecule has 17 nitrogen and oxygen atoms in total. The van der Waals surface area contributed by atoms with Gasteiger partial charge in [-0.1, -0.05) is 97.1 Å². The highest BCUT2D eigenvalue weighted by atomic mass is 16.7. The second-order valence-corrected chi connectivity index (χ2v) is 20.9. The normalized spacial score (nSPS) is 24.8. The number of nitrogens with zero attached hydrogens (tertiary/aromatic N) is 1. The third-order valence-corrected chi connectivity index (χ3v) is 15.4. The van der Waals surface area contributed by atoms with Crippen LogP contribution in [0.2, 0.25) is 0 Å². The molecule has 2 heterocycles. The summed E-state index contributed by atoms with van der Waals surface area (Å²) in [5.74, 6) is -1.45. The topological polar surface area (TPSA) is 238 Å². The highest BCUT2D eigenvalue weighted by Crippen LogP contribution is 2.65. The number of hydrazine groups is 1. The summed E-state index contributed by atoms with van der Waals surface area (Å²) >= 11 is 0. The monoisotopic (exact) mass is 987 g/mol. The number of unbranched alkanes of at least 4 members (excludes halogenated alkanes) is 10. The number of benzene rings is 2. The molecule has 4 fully saturated rings. The maximum atomic E-state index is 14.7. The van der Waals surface area contributed by atoms with Gasteiger partial charge in [0.2, 0.25) is 23.6 Å². The summed E-state index contributed by atoms with van der Waals surface area (Å²) in [4.78, 5) is 70.4. The molecular weight excluding hydrogens is 903 g/mol. The van der Waals surface area contributed by atoms with Crippen molar-refractivity contribution in [2.75, 3.05) is 39.9 Å². The van der Waals surface area contributed by atoms with Crippen molar-refractivity contribution in [3.63, 3.8) is 0 Å². The number of rotatable bonds is 25. The number of amides is 5. The van der Waals surface area contributed by atoms with E-state index in [-0.39, 0.29) is 63.1 Å². The van der Waals surface area contributed by atoms with Crippen molar-refractivity contribution in [2.45, 2.75) is 174 Å². The highest BCUT2D eigenvalue weighted by molar-refractivity contribution is 6.47. The summed E-state index contributed by atoms with van der Waals surface area (Å²) in [7, 11) is 0.809. The van der Waals surface area contributed by atoms with Gasteiger partial charge in [0.25, 0.3) is 5.91 Å². The average Bonchev–Trinajstić information content (AvgIpc) is 3.72. The van der Waals surface area contributed by atoms with Crippen LogP contribution >= 0.6 is 0 Å². The Kier molecular flexibility index (Phi) is 20.2. The zero-order chi connectivity index (χ0) is 51.3. The van der Waals surface area contributed by atoms with Gasteiger partial charge in [0.05, 0.1) is 24.2 Å². The standard InChI is InChI=1S/C53H83BN8O9/c1-8-9-10-11-12-13-14-15-16-17-18-19-46(63)58-33-47(64)62(57-7)48-37-21-23-43(69-27-25-56)40(30-37)39-28-36(20-22-42(39)68-26-24-55)29-41(61-49(65)34(2)59-51(48)67)50(66)60-35(3)54-70-45-32-38-31-44(52(38,4)5)53(45,6)71-54/h20-23,28,30,34-35,38,41,44-45,48,57H,8-19,24-27,29,31-33,55-56H2,1-7H3,(H,58,63)(H,59,67)(H,60,66)(H,61,65)/t34-,35-,38?,41?,44?,45+,48?,53-/m0/s1. The lowest BCUT2D eigenvalue weighted by atomic mass is 9.43. The first-order valence-corrected chi connectivity index (χ1v) is 26.5. The van der Waals surface area contributed by atoms with E-state index >= 15 is 0 Å². The molecule has 2 aromatic carbocycles. The molecule has 8 atom stereocenters. The first-order valence-electron chi connectivity index (χ1n) is 26.5. The van der Waals surface area contributed by atoms with E-state index in [2.05, 4.69) is 54.4 Å². The molecule has 18 heteroatoms. The predicted molar refractivity (Wildman–Crippen MR) is 275 cm³/mol. The summed E-state index contributed by atoms with van der Waals surface area (Å²) in [6.07, 6.45) is 15.0. The van der Waals surface area contributed by atoms with Crippen molar-refractivity contribution in [1.29, 1.82) is 0 Å². The van der Waals surface area contributed by atoms with Crippen LogP contribution in [0.15, 0.2) is 36.4 Å². The fourth-order valence-corrected chi connectivity index (χ4v) is 11.2. The van der Waals surface area contributed by atoms with E-state index in [1.165, 1.54) is 58.9 Å². The van der Waals surface area contributed by atoms with Gasteiger partial charge in [0.1, 0.15) is 36.8 Å². The summed E-state index contributed by atoms with van der Waals surface area (Å²) in [6, 6.07) is 6.93. The number of carbonyl (C=O) groups is 5. The van der Waals surface area contributed by atoms with Crippen molar-refractivity contribution in [3.05, 3.63) is 47.5 Å². The minimum atomic E-state index is -1.36. The van der Waals surface area contributed by atoms with Crippen molar-refractivity contribution >= 4 is 36.7 Å². The Morgan fingerprint density at radius 3 is 2.10 bits per heavy atom. The fraction of sp³-hybridized carbons (Fsp3) is 0.679. The number of fused-ring (bicyclic) bond motifs is 5. The lowest BCUT2D eigenvalue weighted by Gasteiger charge is -2.64. The van der Waals surface area contributed by atoms with E-state index in [9.17, 15) is 24.0 Å². The Hall–Kier alpha value is -4.75. The minimum Gasteiger partial charge on any atom is -0.492 e. The lowest BCUT2D eigenvalue weighted by Crippen LogP contribution is -2.65. The zero-order valence-corrected chi connectivity index (χ0v) is 43.5. The Labute approximate surface area is 422 Å². The van der Waals surface area contributed by atoms with Crippen molar-refractivity contribution in [1.82, 2.24) is 31.7 Å². The van der Waals surface area contributed by atoms with E-state index < -0.39 is 60.4 Å². The van der Waals surface area contributed by atoms with Gasteiger partial charge in [-0.15, -0.1) is 0 Å². The van der Waals surface area contributed by atoms with Crippen LogP contribution in [0.3, 0.4) is 0 Å². The van der Waals surface area contributed by atoms with Gasteiger partial charge < -0.3 is 51.5 Å². The van der Waals surface area contributed by atoms with E-state index in [1.807, 2.05) is 19.1 Å². The molecule has 5 amide bonds. The molecule has 7 rings (SSSR count). The van der Waals surface area contributed by atoms with Gasteiger partial charge >= 0.3 is 7.12 Å². The first kappa shape index (κ1) is 55.6. The minimum absolute atomic E-state index is 0.0636. The van der Waals surface area contributed by atoms with Crippen molar-refractivity contribution in [3.8, 4) is 22.6 Å². The van der Waals surface area contributed by atoms with Gasteiger partial charge in [0, 0.05) is 44.1 Å². The van der Waals surface area contributed by atoms with E-state index in [0.717, 1.165) is 37.1 Å². The van der Waals surface area contributed by atoms with E-state index in [4.69, 9.17) is 30.2 Å². The number of hydrogen-bond acceptors (Lipinski definition) is 12. The van der Waals surface area contributed by atoms with Crippen LogP contribution in [0.1, 0.15) is 149 Å². The molecule has 2 aliphatic heterocycles. The third-order valence-electron chi connectivity index (χ3n) is 15.4. The van der Waals surface area contributed by atoms with E-state index in [0.29, 0.717) is 52.0 Å². The van der Waals surface area contributed by atoms with Gasteiger partial charge in [-0.05, 0) is 92.7 Å². The number of carbonyl (C=O) groups excluding carboxylic acids is 5. The molecule has 4 unspecified atom stereocenters. The Balaban J connectivity index is 1.22. The summed E-state index contributed by atoms with van der Waals surface area (Å²) in [6.45, 7) is 12.7. The second kappa shape index (κ2) is 25.8. The fourth-order valence-electron chi connectivity index (χ4n) is 11.2. The predicted octanol–water partition coefficient (Wildman–Crippen LogP) is 5.17. The second-order valence-electron chi connectivity index (χ2n) is 20.9. The first-order chi connectivity index (χ1) is 34.1. The van der Waals surface area contributed by atoms with Crippen LogP contribution in [0.4, 0.5) is 0 Å². The smallest absolute Gasteiger partial charge is 0.481 e. The Morgan fingerprint density at radius 1 is 0.859 bits per heavy atom. The maximum Gasteiger partial charge on any atom is 0.481 e. The lowest BCUT2D eigenvalue weighted by molar-refractivity contribution is -0.199. The van der Waals surface area contributed by atoms with E-state index in [1.54, 1.807) is 24.3 Å². The van der Waals surface area contributed by atoms with Crippen LogP contribution in [-0.4, -0.2) is 111 Å². The highest BCUT2D eigenvalue weighted by Gasteiger charge is 2.68. The molecule has 9 N–H and O–H groups in total. The van der Waals surface area contributed by atoms with Crippen molar-refractivity contribution < 1.29 is 42.8 Å². The maximum absolute atomic E-state index is 14.7. The molecule has 6 bridgehead atoms. The van der Waals surface area contributed by atoms with Gasteiger partial charge in [-0.3, -0.25) is 29.0 Å². The quantitative estimate of drug-likeness (QED) is 0.0388. The molecule has 0 spiro atoms. The molecule has 71 heavy (non-hydrogen) atoms. The average molecular weight is 987 g/mol. The van der Waals surface area contributed by atoms with Crippen LogP contribution in [0.25, 0.3) is 11.1 Å². The summed E-state index contributed by atoms with van der Waals surface area (Å²) in [5, 5.41) is 12.7. The molecule has 2 aromatic rings. The molecule has 1 saturated heterocycles. The van der Waals surface area contributed by atoms with Gasteiger partial charge in [0.15, 0.2) is 6.04 Å². The molecule has 0 aromatic heterocycles. The Morgan fingerprint density at radius 2 is 1.48 bits per heavy atom. The van der Waals surface area contributed by atoms with Crippen LogP contribution in [0, 0.1) is 17.3 Å². The number of nitrogens with one attached hydrogen (secondary N) is 5. The summed E-state index contributed by atoms with van der Waals surface area (Å²) in [5.41, 5.74) is 16.5. The molecule has 3 saturated carbocycles. The molecular formula is C53H83BN8O9. The van der Waals surface area contributed by atoms with Crippen LogP contribution < -0.4 is 47.6 Å². The van der Waals surface area contributed by atoms with Gasteiger partial charge in [-0.2, -0.15) is 0 Å². The molecule has 3 aliphatic carbocycles. The molecule has 5 aliphatic rings. The van der Waals surface area contributed by atoms with Crippen LogP contribution in [0.5, 0.6) is 11.5 Å². The van der Waals surface area contributed by atoms with Gasteiger partial charge in [-0.25, -0.2) is 5.43 Å². The summed E-state index contributed by atoms with van der Waals surface area (Å²) < 4.78 is 25.5. The molecule has 0 radical (unpaired) electrons. The van der Waals surface area contributed by atoms with Crippen molar-refractivity contribution in [2.24, 2.45) is 28.7 Å². The number of hydrogen-bond donors (Lipinski definition) is 7. The SMILES string of the molecule is CCCCCCCCCCCCCC(=O)NCC(=O)N(NC)C1C(=O)N[C@@H](C)C(=O)NC(C(=O)N[C@@H](C)B2O[C@@H]3CC4CC(C4(C)C)[C@]3(C)O2)Cc2ccc(OCCN)c(c2)-c2cc1ccc2OCCN. The number of nitrogens with two attached hydrogens (primary N) is 2. The zero-order valence-electron chi connectivity index (χ0n) is 43.5. The largest absolute Gasteiger partial charge is 0.492 e.